The maximum Gasteiger partial charge on any atom is 0.262 e. The first-order valence-electron chi connectivity index (χ1n) is 16.7. The molecule has 2 aliphatic rings. The second-order valence-corrected chi connectivity index (χ2v) is 13.2. The van der Waals surface area contributed by atoms with E-state index in [2.05, 4.69) is 21.6 Å². The molecule has 2 amide bonds. The van der Waals surface area contributed by atoms with Gasteiger partial charge < -0.3 is 24.0 Å². The number of ether oxygens (including phenoxy) is 3. The molecule has 5 rings (SSSR count). The summed E-state index contributed by atoms with van der Waals surface area (Å²) < 4.78 is 16.5. The van der Waals surface area contributed by atoms with E-state index in [-0.39, 0.29) is 30.4 Å². The summed E-state index contributed by atoms with van der Waals surface area (Å²) in [4.78, 5) is 34.0. The lowest BCUT2D eigenvalue weighted by molar-refractivity contribution is -0.142. The van der Waals surface area contributed by atoms with Crippen LogP contribution in [0.5, 0.6) is 5.75 Å². The van der Waals surface area contributed by atoms with E-state index in [1.165, 1.54) is 0 Å². The van der Waals surface area contributed by atoms with Crippen LogP contribution < -0.4 is 15.4 Å². The molecule has 0 spiro atoms. The van der Waals surface area contributed by atoms with Crippen molar-refractivity contribution in [3.63, 3.8) is 0 Å². The van der Waals surface area contributed by atoms with Gasteiger partial charge >= 0.3 is 0 Å². The molecule has 50 heavy (non-hydrogen) atoms. The summed E-state index contributed by atoms with van der Waals surface area (Å²) in [5, 5.41) is 18.3. The Morgan fingerprint density at radius 2 is 1.42 bits per heavy atom. The van der Waals surface area contributed by atoms with Gasteiger partial charge in [0.2, 0.25) is 5.91 Å². The lowest BCUT2D eigenvalue weighted by Crippen LogP contribution is -2.62. The predicted molar refractivity (Wildman–Crippen MR) is 192 cm³/mol. The van der Waals surface area contributed by atoms with Gasteiger partial charge in [-0.25, -0.2) is 0 Å². The topological polar surface area (TPSA) is 119 Å². The molecule has 0 radical (unpaired) electrons. The van der Waals surface area contributed by atoms with E-state index in [1.807, 2.05) is 60.4 Å². The number of carbonyl (C=O) groups excluding carboxylic acids is 2. The zero-order valence-electron chi connectivity index (χ0n) is 28.7. The lowest BCUT2D eigenvalue weighted by atomic mass is 9.95. The van der Waals surface area contributed by atoms with Gasteiger partial charge in [-0.05, 0) is 54.4 Å². The molecule has 11 nitrogen and oxygen atoms in total. The number of methoxy groups -OCH3 is 2. The molecule has 0 aromatic heterocycles. The Bertz CT molecular complexity index is 1580. The zero-order valence-corrected chi connectivity index (χ0v) is 30.2. The maximum atomic E-state index is 15.1. The molecule has 13 heteroatoms. The van der Waals surface area contributed by atoms with Crippen LogP contribution in [0.1, 0.15) is 41.3 Å². The number of nitriles is 1. The van der Waals surface area contributed by atoms with E-state index < -0.39 is 5.66 Å². The van der Waals surface area contributed by atoms with Gasteiger partial charge in [0.15, 0.2) is 5.66 Å². The van der Waals surface area contributed by atoms with E-state index in [0.29, 0.717) is 86.0 Å². The van der Waals surface area contributed by atoms with Crippen molar-refractivity contribution in [1.29, 1.82) is 5.26 Å². The van der Waals surface area contributed by atoms with Crippen LogP contribution in [-0.4, -0.2) is 106 Å². The van der Waals surface area contributed by atoms with Crippen molar-refractivity contribution in [2.45, 2.75) is 24.7 Å². The van der Waals surface area contributed by atoms with Gasteiger partial charge in [0.05, 0.1) is 50.1 Å². The normalized spacial score (nSPS) is 20.8. The highest BCUT2D eigenvalue weighted by Crippen LogP contribution is 2.45. The lowest BCUT2D eigenvalue weighted by Gasteiger charge is -2.41. The number of halogens is 2. The van der Waals surface area contributed by atoms with Gasteiger partial charge in [-0.1, -0.05) is 53.5 Å². The molecule has 0 aliphatic carbocycles. The van der Waals surface area contributed by atoms with E-state index in [0.717, 1.165) is 11.1 Å². The Morgan fingerprint density at radius 1 is 0.880 bits per heavy atom. The summed E-state index contributed by atoms with van der Waals surface area (Å²) in [5.41, 5.74) is 1.41. The number of piperazine rings is 1. The fraction of sp³-hybridized carbons (Fsp3) is 0.432. The summed E-state index contributed by atoms with van der Waals surface area (Å²) in [7, 11) is 3.22. The minimum Gasteiger partial charge on any atom is -0.493 e. The van der Waals surface area contributed by atoms with Crippen LogP contribution in [0.3, 0.4) is 0 Å². The summed E-state index contributed by atoms with van der Waals surface area (Å²) >= 11 is 12.6. The average molecular weight is 724 g/mol. The molecular weight excluding hydrogens is 679 g/mol. The number of nitrogens with one attached hydrogen (secondary N) is 2. The molecule has 3 atom stereocenters. The Hall–Kier alpha value is -3.73. The number of hydrogen-bond acceptors (Lipinski definition) is 9. The Balaban J connectivity index is 1.48. The first-order valence-corrected chi connectivity index (χ1v) is 17.5. The van der Waals surface area contributed by atoms with Gasteiger partial charge in [-0.3, -0.25) is 25.1 Å². The van der Waals surface area contributed by atoms with Crippen molar-refractivity contribution in [2.75, 3.05) is 79.9 Å². The van der Waals surface area contributed by atoms with E-state index >= 15 is 4.79 Å². The molecular formula is C37H44Cl2N6O5. The molecule has 266 valence electrons. The van der Waals surface area contributed by atoms with Crippen molar-refractivity contribution in [1.82, 2.24) is 25.3 Å². The molecule has 2 saturated heterocycles. The van der Waals surface area contributed by atoms with Crippen molar-refractivity contribution in [2.24, 2.45) is 0 Å². The fourth-order valence-corrected chi connectivity index (χ4v) is 6.79. The van der Waals surface area contributed by atoms with Crippen LogP contribution in [0.15, 0.2) is 66.7 Å². The molecule has 0 bridgehead atoms. The van der Waals surface area contributed by atoms with Crippen molar-refractivity contribution < 1.29 is 23.8 Å². The number of carbonyl (C=O) groups is 2. The van der Waals surface area contributed by atoms with Gasteiger partial charge in [0.25, 0.3) is 5.91 Å². The van der Waals surface area contributed by atoms with Gasteiger partial charge in [0.1, 0.15) is 5.75 Å². The van der Waals surface area contributed by atoms with Crippen LogP contribution >= 0.6 is 23.2 Å². The molecule has 3 aromatic rings. The quantitative estimate of drug-likeness (QED) is 0.250. The van der Waals surface area contributed by atoms with Gasteiger partial charge in [-0.15, -0.1) is 0 Å². The Kier molecular flexibility index (Phi) is 13.1. The van der Waals surface area contributed by atoms with Crippen LogP contribution in [0.2, 0.25) is 10.0 Å². The largest absolute Gasteiger partial charge is 0.493 e. The van der Waals surface area contributed by atoms with Gasteiger partial charge in [-0.2, -0.15) is 5.26 Å². The summed E-state index contributed by atoms with van der Waals surface area (Å²) in [6.45, 7) is 6.12. The Labute approximate surface area is 304 Å². The van der Waals surface area contributed by atoms with Crippen LogP contribution in [0.25, 0.3) is 0 Å². The van der Waals surface area contributed by atoms with E-state index in [9.17, 15) is 10.1 Å². The number of amides is 2. The third kappa shape index (κ3) is 8.58. The van der Waals surface area contributed by atoms with Gasteiger partial charge in [0, 0.05) is 69.1 Å². The number of rotatable bonds is 14. The highest BCUT2D eigenvalue weighted by molar-refractivity contribution is 6.30. The van der Waals surface area contributed by atoms with E-state index in [4.69, 9.17) is 37.4 Å². The second kappa shape index (κ2) is 17.5. The molecule has 1 unspecified atom stereocenters. The average Bonchev–Trinajstić information content (AvgIpc) is 3.54. The third-order valence-corrected chi connectivity index (χ3v) is 9.68. The highest BCUT2D eigenvalue weighted by Gasteiger charge is 2.54. The molecule has 2 fully saturated rings. The van der Waals surface area contributed by atoms with Crippen molar-refractivity contribution in [3.05, 3.63) is 99.0 Å². The second-order valence-electron chi connectivity index (χ2n) is 12.3. The number of nitrogens with zero attached hydrogens (tertiary/aromatic N) is 4. The SMILES string of the molecule is CCOc1cc(C#N)ccc1C1(C(=O)N2CCN(CC(=O)N(CCOC)CCOC)CC2)N[C@H](c2ccc(Cl)cc2)[C@H](c2ccc(Cl)cc2)N1. The fourth-order valence-electron chi connectivity index (χ4n) is 6.54. The first-order chi connectivity index (χ1) is 24.2. The summed E-state index contributed by atoms with van der Waals surface area (Å²) in [6.07, 6.45) is 0. The molecule has 2 aliphatic heterocycles. The summed E-state index contributed by atoms with van der Waals surface area (Å²) in [5.74, 6) is 0.236. The van der Waals surface area contributed by atoms with Crippen molar-refractivity contribution in [3.8, 4) is 11.8 Å². The molecule has 0 saturated carbocycles. The smallest absolute Gasteiger partial charge is 0.262 e. The minimum absolute atomic E-state index is 0.00924. The standard InChI is InChI=1S/C37H44Cl2N6O5/c1-4-50-32-23-26(24-40)5-14-31(32)37(36(47)45-17-15-43(16-18-45)25-33(46)44(19-21-48-2)20-22-49-3)41-34(27-6-10-29(38)11-7-27)35(42-37)28-8-12-30(39)13-9-28/h5-14,23,34-35,41-42H,4,15-22,25H2,1-3H3/t34-,35+,37?. The Morgan fingerprint density at radius 3 is 1.90 bits per heavy atom. The zero-order chi connectivity index (χ0) is 35.7. The minimum atomic E-state index is -1.44. The first kappa shape index (κ1) is 37.5. The third-order valence-electron chi connectivity index (χ3n) is 9.17. The number of hydrogen-bond donors (Lipinski definition) is 2. The van der Waals surface area contributed by atoms with Crippen LogP contribution in [0, 0.1) is 11.3 Å². The summed E-state index contributed by atoms with van der Waals surface area (Å²) in [6, 6.07) is 21.7. The predicted octanol–water partition coefficient (Wildman–Crippen LogP) is 4.36. The van der Waals surface area contributed by atoms with Crippen molar-refractivity contribution >= 4 is 35.0 Å². The molecule has 3 aromatic carbocycles. The molecule has 2 heterocycles. The van der Waals surface area contributed by atoms with E-state index in [1.54, 1.807) is 37.3 Å². The molecule has 2 N–H and O–H groups in total. The van der Waals surface area contributed by atoms with Crippen LogP contribution in [-0.2, 0) is 24.7 Å². The highest BCUT2D eigenvalue weighted by atomic mass is 35.5. The monoisotopic (exact) mass is 722 g/mol. The maximum absolute atomic E-state index is 15.1. The number of benzene rings is 3. The van der Waals surface area contributed by atoms with Crippen LogP contribution in [0.4, 0.5) is 0 Å².